The minimum atomic E-state index is -0.117. The second kappa shape index (κ2) is 6.22. The summed E-state index contributed by atoms with van der Waals surface area (Å²) in [5.41, 5.74) is 5.82. The molecule has 0 aromatic heterocycles. The van der Waals surface area contributed by atoms with Crippen molar-refractivity contribution in [2.24, 2.45) is 11.7 Å². The summed E-state index contributed by atoms with van der Waals surface area (Å²) in [5.74, 6) is 0.287. The fourth-order valence-corrected chi connectivity index (χ4v) is 1.57. The first kappa shape index (κ1) is 12.7. The molecule has 2 N–H and O–H groups in total. The van der Waals surface area contributed by atoms with Gasteiger partial charge in [0.1, 0.15) is 0 Å². The molecule has 4 heteroatoms. The summed E-state index contributed by atoms with van der Waals surface area (Å²) in [6.07, 6.45) is 3.82. The van der Waals surface area contributed by atoms with Gasteiger partial charge in [-0.1, -0.05) is 13.3 Å². The van der Waals surface area contributed by atoms with E-state index in [0.29, 0.717) is 18.9 Å². The summed E-state index contributed by atoms with van der Waals surface area (Å²) in [4.78, 5) is 10.8. The molecule has 13 heavy (non-hydrogen) atoms. The predicted octanol–water partition coefficient (Wildman–Crippen LogP) is 1.49. The van der Waals surface area contributed by atoms with E-state index in [1.165, 1.54) is 6.42 Å². The van der Waals surface area contributed by atoms with Gasteiger partial charge in [0.05, 0.1) is 6.61 Å². The number of halogens is 1. The lowest BCUT2D eigenvalue weighted by Gasteiger charge is -2.14. The molecule has 1 saturated carbocycles. The van der Waals surface area contributed by atoms with Crippen LogP contribution in [0.4, 0.5) is 0 Å². The molecule has 0 aromatic rings. The molecular formula is C9H18ClNO2. The Hall–Kier alpha value is -0.280. The molecule has 0 saturated heterocycles. The van der Waals surface area contributed by atoms with Crippen molar-refractivity contribution in [1.82, 2.24) is 0 Å². The molecule has 0 radical (unpaired) electrons. The molecule has 0 spiro atoms. The van der Waals surface area contributed by atoms with Gasteiger partial charge < -0.3 is 10.5 Å². The molecule has 1 fully saturated rings. The highest BCUT2D eigenvalue weighted by atomic mass is 35.5. The molecule has 1 aliphatic carbocycles. The fourth-order valence-electron chi connectivity index (χ4n) is 1.57. The van der Waals surface area contributed by atoms with Crippen molar-refractivity contribution in [2.75, 3.05) is 6.61 Å². The second-order valence-electron chi connectivity index (χ2n) is 3.39. The lowest BCUT2D eigenvalue weighted by atomic mass is 10.1. The maximum absolute atomic E-state index is 10.8. The number of ether oxygens (including phenoxy) is 1. The third kappa shape index (κ3) is 3.96. The summed E-state index contributed by atoms with van der Waals surface area (Å²) < 4.78 is 5.03. The van der Waals surface area contributed by atoms with Gasteiger partial charge in [-0.2, -0.15) is 0 Å². The first-order valence-corrected chi connectivity index (χ1v) is 4.65. The van der Waals surface area contributed by atoms with Crippen molar-refractivity contribution in [3.63, 3.8) is 0 Å². The monoisotopic (exact) mass is 207 g/mol. The highest BCUT2D eigenvalue weighted by Gasteiger charge is 2.24. The van der Waals surface area contributed by atoms with Gasteiger partial charge in [0, 0.05) is 18.4 Å². The Morgan fingerprint density at radius 1 is 1.54 bits per heavy atom. The van der Waals surface area contributed by atoms with Crippen LogP contribution in [0.1, 0.15) is 32.6 Å². The van der Waals surface area contributed by atoms with Gasteiger partial charge >= 0.3 is 5.97 Å². The first-order chi connectivity index (χ1) is 5.74. The number of nitrogens with two attached hydrogens (primary N) is 1. The highest BCUT2D eigenvalue weighted by Crippen LogP contribution is 2.23. The molecule has 1 unspecified atom stereocenters. The quantitative estimate of drug-likeness (QED) is 0.714. The summed E-state index contributed by atoms with van der Waals surface area (Å²) in [5, 5.41) is 0. The van der Waals surface area contributed by atoms with Gasteiger partial charge in [-0.15, -0.1) is 12.4 Å². The number of carbonyl (C=O) groups is 1. The zero-order valence-corrected chi connectivity index (χ0v) is 8.81. The zero-order chi connectivity index (χ0) is 8.97. The van der Waals surface area contributed by atoms with Crippen LogP contribution in [0.25, 0.3) is 0 Å². The van der Waals surface area contributed by atoms with Crippen LogP contribution in [0.2, 0.25) is 0 Å². The lowest BCUT2D eigenvalue weighted by molar-refractivity contribution is -0.144. The maximum Gasteiger partial charge on any atom is 0.305 e. The van der Waals surface area contributed by atoms with E-state index in [-0.39, 0.29) is 24.4 Å². The molecule has 0 heterocycles. The van der Waals surface area contributed by atoms with Crippen molar-refractivity contribution in [3.8, 4) is 0 Å². The largest absolute Gasteiger partial charge is 0.465 e. The van der Waals surface area contributed by atoms with Crippen molar-refractivity contribution in [1.29, 1.82) is 0 Å². The summed E-state index contributed by atoms with van der Waals surface area (Å²) in [6, 6.07) is 0.245. The molecule has 78 valence electrons. The molecule has 0 bridgehead atoms. The molecule has 2 atom stereocenters. The molecule has 1 aliphatic rings. The standard InChI is InChI=1S/C9H17NO2.ClH/c1-2-9(11)12-6-7-4-3-5-8(7)10;/h7-8H,2-6,10H2,1H3;1H/t7?,8-;/m0./s1. The average Bonchev–Trinajstić information content (AvgIpc) is 2.47. The zero-order valence-electron chi connectivity index (χ0n) is 7.99. The highest BCUT2D eigenvalue weighted by molar-refractivity contribution is 5.85. The minimum Gasteiger partial charge on any atom is -0.465 e. The first-order valence-electron chi connectivity index (χ1n) is 4.65. The summed E-state index contributed by atoms with van der Waals surface area (Å²) in [7, 11) is 0. The van der Waals surface area contributed by atoms with Gasteiger partial charge in [0.2, 0.25) is 0 Å². The topological polar surface area (TPSA) is 52.3 Å². The Balaban J connectivity index is 0.00000144. The van der Waals surface area contributed by atoms with Gasteiger partial charge in [0.15, 0.2) is 0 Å². The van der Waals surface area contributed by atoms with Crippen LogP contribution < -0.4 is 5.73 Å². The van der Waals surface area contributed by atoms with Gasteiger partial charge in [-0.05, 0) is 12.8 Å². The predicted molar refractivity (Wildman–Crippen MR) is 53.8 cm³/mol. The van der Waals surface area contributed by atoms with Crippen LogP contribution >= 0.6 is 12.4 Å². The van der Waals surface area contributed by atoms with Crippen LogP contribution in [0.5, 0.6) is 0 Å². The Bertz CT molecular complexity index is 164. The normalized spacial score (nSPS) is 26.6. The van der Waals surface area contributed by atoms with E-state index in [2.05, 4.69) is 0 Å². The van der Waals surface area contributed by atoms with E-state index in [0.717, 1.165) is 12.8 Å². The summed E-state index contributed by atoms with van der Waals surface area (Å²) in [6.45, 7) is 2.32. The van der Waals surface area contributed by atoms with Crippen LogP contribution in [-0.2, 0) is 9.53 Å². The molecule has 0 aliphatic heterocycles. The number of hydrogen-bond donors (Lipinski definition) is 1. The van der Waals surface area contributed by atoms with E-state index >= 15 is 0 Å². The molecule has 3 nitrogen and oxygen atoms in total. The van der Waals surface area contributed by atoms with Crippen LogP contribution in [-0.4, -0.2) is 18.6 Å². The fraction of sp³-hybridized carbons (Fsp3) is 0.889. The Morgan fingerprint density at radius 2 is 2.23 bits per heavy atom. The van der Waals surface area contributed by atoms with E-state index < -0.39 is 0 Å². The van der Waals surface area contributed by atoms with E-state index in [9.17, 15) is 4.79 Å². The third-order valence-electron chi connectivity index (χ3n) is 2.46. The van der Waals surface area contributed by atoms with E-state index in [1.54, 1.807) is 6.92 Å². The van der Waals surface area contributed by atoms with E-state index in [4.69, 9.17) is 10.5 Å². The van der Waals surface area contributed by atoms with Gasteiger partial charge in [-0.25, -0.2) is 0 Å². The SMILES string of the molecule is CCC(=O)OCC1CCC[C@@H]1N.Cl. The molecule has 0 aromatic carbocycles. The van der Waals surface area contributed by atoms with Crippen LogP contribution in [0.3, 0.4) is 0 Å². The van der Waals surface area contributed by atoms with Crippen molar-refractivity contribution < 1.29 is 9.53 Å². The van der Waals surface area contributed by atoms with Crippen LogP contribution in [0.15, 0.2) is 0 Å². The van der Waals surface area contributed by atoms with Crippen molar-refractivity contribution in [2.45, 2.75) is 38.6 Å². The average molecular weight is 208 g/mol. The minimum absolute atomic E-state index is 0. The number of hydrogen-bond acceptors (Lipinski definition) is 3. The lowest BCUT2D eigenvalue weighted by Crippen LogP contribution is -2.28. The number of carbonyl (C=O) groups excluding carboxylic acids is 1. The Kier molecular flexibility index (Phi) is 6.08. The van der Waals surface area contributed by atoms with Crippen molar-refractivity contribution >= 4 is 18.4 Å². The van der Waals surface area contributed by atoms with E-state index in [1.807, 2.05) is 0 Å². The molecule has 1 rings (SSSR count). The Labute approximate surface area is 85.4 Å². The second-order valence-corrected chi connectivity index (χ2v) is 3.39. The maximum atomic E-state index is 10.8. The van der Waals surface area contributed by atoms with Crippen molar-refractivity contribution in [3.05, 3.63) is 0 Å². The van der Waals surface area contributed by atoms with Crippen LogP contribution in [0, 0.1) is 5.92 Å². The smallest absolute Gasteiger partial charge is 0.305 e. The summed E-state index contributed by atoms with van der Waals surface area (Å²) >= 11 is 0. The van der Waals surface area contributed by atoms with Gasteiger partial charge in [-0.3, -0.25) is 4.79 Å². The number of rotatable bonds is 3. The van der Waals surface area contributed by atoms with Gasteiger partial charge in [0.25, 0.3) is 0 Å². The molecule has 0 amide bonds. The Morgan fingerprint density at radius 3 is 2.69 bits per heavy atom. The third-order valence-corrected chi connectivity index (χ3v) is 2.46. The number of esters is 1. The molecular weight excluding hydrogens is 190 g/mol.